The van der Waals surface area contributed by atoms with Crippen LogP contribution in [-0.2, 0) is 28.3 Å². The lowest BCUT2D eigenvalue weighted by Gasteiger charge is -2.32. The van der Waals surface area contributed by atoms with E-state index in [1.54, 1.807) is 28.8 Å². The number of aryl methyl sites for hydroxylation is 2. The van der Waals surface area contributed by atoms with E-state index in [0.717, 1.165) is 42.6 Å². The van der Waals surface area contributed by atoms with Gasteiger partial charge in [0.15, 0.2) is 0 Å². The Morgan fingerprint density at radius 3 is 2.24 bits per heavy atom. The van der Waals surface area contributed by atoms with Crippen LogP contribution in [0.1, 0.15) is 53.5 Å². The predicted octanol–water partition coefficient (Wildman–Crippen LogP) is 6.37. The Bertz CT molecular complexity index is 1190. The first-order valence-electron chi connectivity index (χ1n) is 13.4. The van der Waals surface area contributed by atoms with E-state index in [4.69, 9.17) is 0 Å². The molecule has 0 heterocycles. The average molecular weight is 533 g/mol. The molecule has 1 atom stereocenters. The minimum Gasteiger partial charge on any atom is -0.352 e. The van der Waals surface area contributed by atoms with Gasteiger partial charge in [0.05, 0.1) is 5.75 Å². The molecule has 0 unspecified atom stereocenters. The Morgan fingerprint density at radius 2 is 1.58 bits per heavy atom. The van der Waals surface area contributed by atoms with Crippen LogP contribution in [0.3, 0.4) is 0 Å². The number of benzene rings is 3. The first-order chi connectivity index (χ1) is 18.4. The van der Waals surface area contributed by atoms with Crippen LogP contribution in [0.2, 0.25) is 0 Å². The highest BCUT2D eigenvalue weighted by Crippen LogP contribution is 2.22. The van der Waals surface area contributed by atoms with E-state index in [9.17, 15) is 14.0 Å². The lowest BCUT2D eigenvalue weighted by molar-refractivity contribution is -0.139. The summed E-state index contributed by atoms with van der Waals surface area (Å²) in [5.41, 5.74) is 5.39. The first-order valence-corrected chi connectivity index (χ1v) is 14.6. The number of thioether (sulfide) groups is 1. The Balaban J connectivity index is 1.56. The summed E-state index contributed by atoms with van der Waals surface area (Å²) < 4.78 is 13.6. The number of nitrogens with zero attached hydrogens (tertiary/aromatic N) is 1. The molecule has 3 aromatic carbocycles. The molecule has 0 bridgehead atoms. The van der Waals surface area contributed by atoms with Crippen LogP contribution in [0.25, 0.3) is 0 Å². The molecule has 0 aromatic heterocycles. The highest BCUT2D eigenvalue weighted by atomic mass is 32.2. The Morgan fingerprint density at radius 1 is 0.921 bits per heavy atom. The molecule has 0 spiro atoms. The van der Waals surface area contributed by atoms with Gasteiger partial charge in [-0.2, -0.15) is 0 Å². The third kappa shape index (κ3) is 8.19. The summed E-state index contributed by atoms with van der Waals surface area (Å²) in [5.74, 6) is 0.448. The topological polar surface area (TPSA) is 49.4 Å². The Kier molecular flexibility index (Phi) is 9.99. The van der Waals surface area contributed by atoms with E-state index in [1.165, 1.54) is 28.8 Å². The zero-order valence-corrected chi connectivity index (χ0v) is 23.1. The smallest absolute Gasteiger partial charge is 0.243 e. The number of amides is 2. The van der Waals surface area contributed by atoms with Gasteiger partial charge in [-0.05, 0) is 55.5 Å². The normalized spacial score (nSPS) is 14.3. The monoisotopic (exact) mass is 532 g/mol. The van der Waals surface area contributed by atoms with Gasteiger partial charge in [0.2, 0.25) is 11.8 Å². The molecule has 1 N–H and O–H groups in total. The summed E-state index contributed by atoms with van der Waals surface area (Å²) in [6, 6.07) is 21.9. The molecule has 3 aromatic rings. The van der Waals surface area contributed by atoms with Crippen molar-refractivity contribution in [2.75, 3.05) is 5.75 Å². The molecule has 0 saturated heterocycles. The highest BCUT2D eigenvalue weighted by Gasteiger charge is 2.32. The van der Waals surface area contributed by atoms with Crippen LogP contribution in [0.15, 0.2) is 72.8 Å². The summed E-state index contributed by atoms with van der Waals surface area (Å²) in [6.07, 6.45) is 4.60. The fourth-order valence-electron chi connectivity index (χ4n) is 5.20. The van der Waals surface area contributed by atoms with Crippen molar-refractivity contribution in [3.63, 3.8) is 0 Å². The molecule has 4 nitrogen and oxygen atoms in total. The molecule has 4 rings (SSSR count). The molecule has 1 aliphatic rings. The van der Waals surface area contributed by atoms with Gasteiger partial charge in [-0.25, -0.2) is 4.39 Å². The number of nitrogens with one attached hydrogen (secondary N) is 1. The van der Waals surface area contributed by atoms with Crippen molar-refractivity contribution in [2.45, 2.75) is 70.3 Å². The molecule has 0 aliphatic heterocycles. The highest BCUT2D eigenvalue weighted by molar-refractivity contribution is 7.99. The van der Waals surface area contributed by atoms with Crippen LogP contribution in [-0.4, -0.2) is 34.6 Å². The van der Waals surface area contributed by atoms with E-state index in [-0.39, 0.29) is 36.0 Å². The molecular weight excluding hydrogens is 495 g/mol. The van der Waals surface area contributed by atoms with Gasteiger partial charge in [0.1, 0.15) is 11.9 Å². The molecule has 1 aliphatic carbocycles. The van der Waals surface area contributed by atoms with E-state index in [0.29, 0.717) is 6.42 Å². The lowest BCUT2D eigenvalue weighted by Crippen LogP contribution is -2.52. The van der Waals surface area contributed by atoms with Gasteiger partial charge in [-0.15, -0.1) is 11.8 Å². The molecule has 38 heavy (non-hydrogen) atoms. The number of hydrogen-bond acceptors (Lipinski definition) is 3. The standard InChI is InChI=1S/C32H37FN2O2S/c1-23-16-24(2)18-27(17-23)21-38-22-31(36)35(20-26-12-14-28(33)15-13-26)30(19-25-8-4-3-5-9-25)32(37)34-29-10-6-7-11-29/h3-5,8-9,12-18,29-30H,6-7,10-11,19-22H2,1-2H3,(H,34,37)/t30-/m0/s1. The summed E-state index contributed by atoms with van der Waals surface area (Å²) in [4.78, 5) is 29.1. The Labute approximate surface area is 230 Å². The van der Waals surface area contributed by atoms with E-state index in [2.05, 4.69) is 37.4 Å². The van der Waals surface area contributed by atoms with Gasteiger partial charge >= 0.3 is 0 Å². The largest absolute Gasteiger partial charge is 0.352 e. The van der Waals surface area contributed by atoms with E-state index in [1.807, 2.05) is 30.3 Å². The van der Waals surface area contributed by atoms with Crippen LogP contribution in [0.4, 0.5) is 4.39 Å². The van der Waals surface area contributed by atoms with Crippen molar-refractivity contribution >= 4 is 23.6 Å². The van der Waals surface area contributed by atoms with Crippen molar-refractivity contribution in [3.05, 3.63) is 106 Å². The summed E-state index contributed by atoms with van der Waals surface area (Å²) in [5, 5.41) is 3.22. The quantitative estimate of drug-likeness (QED) is 0.312. The van der Waals surface area contributed by atoms with Gasteiger partial charge < -0.3 is 10.2 Å². The molecule has 1 fully saturated rings. The maximum absolute atomic E-state index is 13.8. The van der Waals surface area contributed by atoms with Crippen molar-refractivity contribution in [2.24, 2.45) is 0 Å². The summed E-state index contributed by atoms with van der Waals surface area (Å²) in [6.45, 7) is 4.40. The molecule has 2 amide bonds. The van der Waals surface area contributed by atoms with Gasteiger partial charge in [-0.1, -0.05) is 84.6 Å². The van der Waals surface area contributed by atoms with Crippen LogP contribution in [0.5, 0.6) is 0 Å². The van der Waals surface area contributed by atoms with E-state index >= 15 is 0 Å². The maximum Gasteiger partial charge on any atom is 0.243 e. The molecule has 1 saturated carbocycles. The fourth-order valence-corrected chi connectivity index (χ4v) is 6.04. The number of halogens is 1. The zero-order valence-electron chi connectivity index (χ0n) is 22.3. The second kappa shape index (κ2) is 13.6. The van der Waals surface area contributed by atoms with Crippen LogP contribution < -0.4 is 5.32 Å². The first kappa shape index (κ1) is 27.9. The van der Waals surface area contributed by atoms with E-state index < -0.39 is 6.04 Å². The second-order valence-electron chi connectivity index (χ2n) is 10.3. The van der Waals surface area contributed by atoms with Crippen molar-refractivity contribution in [1.29, 1.82) is 0 Å². The van der Waals surface area contributed by atoms with Crippen molar-refractivity contribution < 1.29 is 14.0 Å². The lowest BCUT2D eigenvalue weighted by atomic mass is 10.0. The zero-order chi connectivity index (χ0) is 26.9. The fraction of sp³-hybridized carbons (Fsp3) is 0.375. The number of carbonyl (C=O) groups is 2. The minimum absolute atomic E-state index is 0.0915. The summed E-state index contributed by atoms with van der Waals surface area (Å²) in [7, 11) is 0. The molecule has 200 valence electrons. The Hall–Kier alpha value is -3.12. The van der Waals surface area contributed by atoms with Crippen molar-refractivity contribution in [3.8, 4) is 0 Å². The summed E-state index contributed by atoms with van der Waals surface area (Å²) >= 11 is 1.56. The SMILES string of the molecule is Cc1cc(C)cc(CSCC(=O)N(Cc2ccc(F)cc2)[C@@H](Cc2ccccc2)C(=O)NC2CCCC2)c1. The van der Waals surface area contributed by atoms with Crippen LogP contribution >= 0.6 is 11.8 Å². The van der Waals surface area contributed by atoms with Gasteiger partial charge in [0.25, 0.3) is 0 Å². The van der Waals surface area contributed by atoms with Gasteiger partial charge in [-0.3, -0.25) is 9.59 Å². The predicted molar refractivity (Wildman–Crippen MR) is 153 cm³/mol. The molecule has 0 radical (unpaired) electrons. The number of carbonyl (C=O) groups excluding carboxylic acids is 2. The van der Waals surface area contributed by atoms with Gasteiger partial charge in [0, 0.05) is 24.8 Å². The second-order valence-corrected chi connectivity index (χ2v) is 11.3. The van der Waals surface area contributed by atoms with Crippen molar-refractivity contribution in [1.82, 2.24) is 10.2 Å². The third-order valence-electron chi connectivity index (χ3n) is 7.01. The number of hydrogen-bond donors (Lipinski definition) is 1. The number of rotatable bonds is 11. The molecule has 6 heteroatoms. The molecular formula is C32H37FN2O2S. The van der Waals surface area contributed by atoms with Crippen LogP contribution in [0, 0.1) is 19.7 Å². The maximum atomic E-state index is 13.8. The minimum atomic E-state index is -0.655. The third-order valence-corrected chi connectivity index (χ3v) is 8.00. The average Bonchev–Trinajstić information content (AvgIpc) is 3.40.